The average molecular weight is 228 g/mol. The summed E-state index contributed by atoms with van der Waals surface area (Å²) in [6.07, 6.45) is 2.12. The predicted octanol–water partition coefficient (Wildman–Crippen LogP) is 2.41. The maximum absolute atomic E-state index is 11.4. The molecule has 0 heterocycles. The van der Waals surface area contributed by atoms with Crippen LogP contribution >= 0.6 is 0 Å². The molecule has 0 aromatic carbocycles. The first-order valence-electron chi connectivity index (χ1n) is 5.33. The van der Waals surface area contributed by atoms with Crippen molar-refractivity contribution in [2.24, 2.45) is 0 Å². The molecule has 4 nitrogen and oxygen atoms in total. The first-order valence-corrected chi connectivity index (χ1v) is 5.33. The van der Waals surface area contributed by atoms with Crippen molar-refractivity contribution in [1.29, 1.82) is 0 Å². The van der Waals surface area contributed by atoms with Crippen LogP contribution < -0.4 is 0 Å². The lowest BCUT2D eigenvalue weighted by Crippen LogP contribution is -2.20. The summed E-state index contributed by atoms with van der Waals surface area (Å²) in [4.78, 5) is 11.4. The van der Waals surface area contributed by atoms with Crippen LogP contribution in [0.2, 0.25) is 0 Å². The normalized spacial score (nSPS) is 12.9. The van der Waals surface area contributed by atoms with Crippen molar-refractivity contribution in [3.05, 3.63) is 24.2 Å². The Morgan fingerprint density at radius 2 is 2.06 bits per heavy atom. The summed E-state index contributed by atoms with van der Waals surface area (Å²) >= 11 is 0. The molecule has 1 atom stereocenters. The van der Waals surface area contributed by atoms with E-state index in [1.54, 1.807) is 19.9 Å². The molecule has 0 N–H and O–H groups in total. The highest BCUT2D eigenvalue weighted by molar-refractivity contribution is 5.88. The minimum absolute atomic E-state index is 0.279. The molecule has 0 aliphatic carbocycles. The van der Waals surface area contributed by atoms with Gasteiger partial charge < -0.3 is 14.2 Å². The van der Waals surface area contributed by atoms with E-state index in [4.69, 9.17) is 14.2 Å². The van der Waals surface area contributed by atoms with E-state index < -0.39 is 12.1 Å². The summed E-state index contributed by atoms with van der Waals surface area (Å²) in [6, 6.07) is 0. The van der Waals surface area contributed by atoms with E-state index in [1.165, 1.54) is 7.11 Å². The van der Waals surface area contributed by atoms with Crippen LogP contribution in [0.3, 0.4) is 0 Å². The third kappa shape index (κ3) is 4.87. The standard InChI is InChI=1S/C12H20O4/c1-6-8-11(14-5)16-10(4)9(3)12(13)15-7-2/h8,10H,3,6-7H2,1-2,4-5H3/b11-8+. The fourth-order valence-electron chi connectivity index (χ4n) is 0.981. The monoisotopic (exact) mass is 228 g/mol. The molecule has 4 heteroatoms. The number of ether oxygens (including phenoxy) is 3. The van der Waals surface area contributed by atoms with Crippen molar-refractivity contribution >= 4 is 5.97 Å². The first-order chi connectivity index (χ1) is 7.56. The van der Waals surface area contributed by atoms with Crippen molar-refractivity contribution in [2.75, 3.05) is 13.7 Å². The average Bonchev–Trinajstić information content (AvgIpc) is 2.27. The Kier molecular flexibility index (Phi) is 7.09. The van der Waals surface area contributed by atoms with Crippen LogP contribution in [0.1, 0.15) is 27.2 Å². The molecular weight excluding hydrogens is 208 g/mol. The maximum atomic E-state index is 11.4. The molecule has 0 amide bonds. The SMILES string of the molecule is C=C(C(=O)OCC)C(C)O/C(=C/CC)OC. The molecule has 0 spiro atoms. The lowest BCUT2D eigenvalue weighted by Gasteiger charge is -2.17. The highest BCUT2D eigenvalue weighted by Gasteiger charge is 2.18. The van der Waals surface area contributed by atoms with Crippen LogP contribution in [0, 0.1) is 0 Å². The number of hydrogen-bond acceptors (Lipinski definition) is 4. The Hall–Kier alpha value is -1.45. The second kappa shape index (κ2) is 7.79. The van der Waals surface area contributed by atoms with Gasteiger partial charge in [0, 0.05) is 0 Å². The van der Waals surface area contributed by atoms with Crippen molar-refractivity contribution in [3.63, 3.8) is 0 Å². The van der Waals surface area contributed by atoms with Gasteiger partial charge in [0.05, 0.1) is 19.3 Å². The molecule has 0 saturated heterocycles. The van der Waals surface area contributed by atoms with Gasteiger partial charge in [-0.05, 0) is 26.3 Å². The summed E-state index contributed by atoms with van der Waals surface area (Å²) in [6.45, 7) is 9.40. The zero-order valence-corrected chi connectivity index (χ0v) is 10.4. The van der Waals surface area contributed by atoms with E-state index >= 15 is 0 Å². The summed E-state index contributed by atoms with van der Waals surface area (Å²) in [5, 5.41) is 0. The number of allylic oxidation sites excluding steroid dienone is 1. The quantitative estimate of drug-likeness (QED) is 0.381. The van der Waals surface area contributed by atoms with Crippen LogP contribution in [0.15, 0.2) is 24.2 Å². The molecular formula is C12H20O4. The van der Waals surface area contributed by atoms with Gasteiger partial charge in [-0.2, -0.15) is 0 Å². The van der Waals surface area contributed by atoms with Crippen LogP contribution in [-0.4, -0.2) is 25.8 Å². The summed E-state index contributed by atoms with van der Waals surface area (Å²) in [7, 11) is 1.52. The van der Waals surface area contributed by atoms with E-state index in [0.717, 1.165) is 6.42 Å². The highest BCUT2D eigenvalue weighted by atomic mass is 16.7. The van der Waals surface area contributed by atoms with Gasteiger partial charge in [-0.3, -0.25) is 0 Å². The summed E-state index contributed by atoms with van der Waals surface area (Å²) in [5.74, 6) is -0.0533. The molecule has 0 aromatic rings. The smallest absolute Gasteiger partial charge is 0.337 e. The van der Waals surface area contributed by atoms with Crippen molar-refractivity contribution in [2.45, 2.75) is 33.3 Å². The number of carbonyl (C=O) groups excluding carboxylic acids is 1. The first kappa shape index (κ1) is 14.6. The van der Waals surface area contributed by atoms with E-state index in [2.05, 4.69) is 6.58 Å². The van der Waals surface area contributed by atoms with Crippen molar-refractivity contribution in [1.82, 2.24) is 0 Å². The molecule has 0 saturated carbocycles. The summed E-state index contributed by atoms with van der Waals surface area (Å²) in [5.41, 5.74) is 0.279. The molecule has 1 unspecified atom stereocenters. The van der Waals surface area contributed by atoms with Gasteiger partial charge in [0.1, 0.15) is 6.10 Å². The largest absolute Gasteiger partial charge is 0.469 e. The maximum Gasteiger partial charge on any atom is 0.337 e. The molecule has 0 aliphatic rings. The Labute approximate surface area is 96.9 Å². The molecule has 0 aliphatic heterocycles. The highest BCUT2D eigenvalue weighted by Crippen LogP contribution is 2.12. The minimum atomic E-state index is -0.461. The topological polar surface area (TPSA) is 44.8 Å². The second-order valence-electron chi connectivity index (χ2n) is 3.14. The van der Waals surface area contributed by atoms with E-state index in [0.29, 0.717) is 12.6 Å². The predicted molar refractivity (Wildman–Crippen MR) is 61.7 cm³/mol. The summed E-state index contributed by atoms with van der Waals surface area (Å²) < 4.78 is 15.2. The third-order valence-electron chi connectivity index (χ3n) is 1.89. The molecule has 0 rings (SSSR count). The van der Waals surface area contributed by atoms with Crippen molar-refractivity contribution < 1.29 is 19.0 Å². The Morgan fingerprint density at radius 3 is 2.50 bits per heavy atom. The number of carbonyl (C=O) groups is 1. The minimum Gasteiger partial charge on any atom is -0.469 e. The Balaban J connectivity index is 4.34. The van der Waals surface area contributed by atoms with Crippen LogP contribution in [0.4, 0.5) is 0 Å². The molecule has 0 fully saturated rings. The molecule has 0 aromatic heterocycles. The Morgan fingerprint density at radius 1 is 1.44 bits per heavy atom. The van der Waals surface area contributed by atoms with Gasteiger partial charge in [-0.15, -0.1) is 0 Å². The van der Waals surface area contributed by atoms with Crippen molar-refractivity contribution in [3.8, 4) is 0 Å². The number of rotatable bonds is 7. The van der Waals surface area contributed by atoms with Crippen LogP contribution in [-0.2, 0) is 19.0 Å². The molecule has 92 valence electrons. The fourth-order valence-corrected chi connectivity index (χ4v) is 0.981. The van der Waals surface area contributed by atoms with Gasteiger partial charge in [-0.25, -0.2) is 4.79 Å². The lowest BCUT2D eigenvalue weighted by molar-refractivity contribution is -0.140. The van der Waals surface area contributed by atoms with Gasteiger partial charge in [0.15, 0.2) is 0 Å². The third-order valence-corrected chi connectivity index (χ3v) is 1.89. The fraction of sp³-hybridized carbons (Fsp3) is 0.583. The molecule has 0 bridgehead atoms. The van der Waals surface area contributed by atoms with Gasteiger partial charge in [0.2, 0.25) is 0 Å². The molecule has 0 radical (unpaired) electrons. The number of hydrogen-bond donors (Lipinski definition) is 0. The molecule has 16 heavy (non-hydrogen) atoms. The lowest BCUT2D eigenvalue weighted by atomic mass is 10.2. The van der Waals surface area contributed by atoms with Crippen LogP contribution in [0.25, 0.3) is 0 Å². The van der Waals surface area contributed by atoms with Gasteiger partial charge in [0.25, 0.3) is 5.95 Å². The van der Waals surface area contributed by atoms with E-state index in [1.807, 2.05) is 6.92 Å². The van der Waals surface area contributed by atoms with Gasteiger partial charge >= 0.3 is 5.97 Å². The van der Waals surface area contributed by atoms with Gasteiger partial charge in [-0.1, -0.05) is 13.5 Å². The van der Waals surface area contributed by atoms with E-state index in [9.17, 15) is 4.79 Å². The zero-order chi connectivity index (χ0) is 12.6. The number of esters is 1. The zero-order valence-electron chi connectivity index (χ0n) is 10.4. The Bertz CT molecular complexity index is 268. The van der Waals surface area contributed by atoms with E-state index in [-0.39, 0.29) is 5.57 Å². The number of methoxy groups -OCH3 is 1. The van der Waals surface area contributed by atoms with Crippen LogP contribution in [0.5, 0.6) is 0 Å². The second-order valence-corrected chi connectivity index (χ2v) is 3.14.